The highest BCUT2D eigenvalue weighted by atomic mass is 19.1. The molecule has 0 aliphatic heterocycles. The third-order valence-electron chi connectivity index (χ3n) is 3.35. The molecule has 2 aromatic rings. The normalized spacial score (nSPS) is 13.4. The van der Waals surface area contributed by atoms with Crippen molar-refractivity contribution in [3.8, 4) is 16.9 Å². The minimum atomic E-state index is -2.72. The molecular weight excluding hydrogens is 289 g/mol. The van der Waals surface area contributed by atoms with Crippen LogP contribution in [0.15, 0.2) is 48.5 Å². The number of aromatic hydroxyl groups is 1. The summed E-state index contributed by atoms with van der Waals surface area (Å²) in [5.41, 5.74) is 3.63. The average molecular weight is 303 g/mol. The van der Waals surface area contributed by atoms with Crippen molar-refractivity contribution in [3.63, 3.8) is 0 Å². The molecule has 0 saturated carbocycles. The summed E-state index contributed by atoms with van der Waals surface area (Å²) in [5, 5.41) is 18.8. The molecule has 0 heterocycles. The Morgan fingerprint density at radius 3 is 2.27 bits per heavy atom. The van der Waals surface area contributed by atoms with Crippen LogP contribution >= 0.6 is 0 Å². The third-order valence-corrected chi connectivity index (χ3v) is 3.35. The van der Waals surface area contributed by atoms with E-state index in [4.69, 9.17) is 10.8 Å². The van der Waals surface area contributed by atoms with Crippen LogP contribution in [0.25, 0.3) is 11.1 Å². The second-order valence-electron chi connectivity index (χ2n) is 4.84. The van der Waals surface area contributed by atoms with Gasteiger partial charge in [0, 0.05) is 0 Å². The molecule has 0 spiro atoms. The number of benzene rings is 2. The van der Waals surface area contributed by atoms with Gasteiger partial charge in [0.2, 0.25) is 11.3 Å². The Morgan fingerprint density at radius 1 is 1.09 bits per heavy atom. The summed E-state index contributed by atoms with van der Waals surface area (Å²) < 4.78 is 13.0. The van der Waals surface area contributed by atoms with E-state index < -0.39 is 29.7 Å². The lowest BCUT2D eigenvalue weighted by Crippen LogP contribution is -2.56. The maximum atomic E-state index is 13.0. The smallest absolute Gasteiger partial charge is 0.334 e. The van der Waals surface area contributed by atoms with Gasteiger partial charge in [0.25, 0.3) is 0 Å². The number of hydrogen-bond donors (Lipinski definition) is 3. The SMILES string of the molecule is NC(CF)(C(=O)O)C(=O)c1cc(-c2ccccc2)ccc1O. The molecule has 0 fully saturated rings. The van der Waals surface area contributed by atoms with Gasteiger partial charge in [-0.25, -0.2) is 9.18 Å². The summed E-state index contributed by atoms with van der Waals surface area (Å²) in [6.07, 6.45) is 0. The van der Waals surface area contributed by atoms with Crippen molar-refractivity contribution in [2.45, 2.75) is 5.54 Å². The number of carboxylic acids is 1. The van der Waals surface area contributed by atoms with E-state index in [2.05, 4.69) is 0 Å². The lowest BCUT2D eigenvalue weighted by atomic mass is 9.89. The van der Waals surface area contributed by atoms with Crippen LogP contribution in [-0.4, -0.2) is 34.2 Å². The molecule has 0 bridgehead atoms. The number of ketones is 1. The number of phenols is 1. The maximum Gasteiger partial charge on any atom is 0.334 e. The van der Waals surface area contributed by atoms with Crippen molar-refractivity contribution in [2.75, 3.05) is 6.67 Å². The number of carbonyl (C=O) groups excluding carboxylic acids is 1. The summed E-state index contributed by atoms with van der Waals surface area (Å²) in [6, 6.07) is 13.1. The van der Waals surface area contributed by atoms with Crippen molar-refractivity contribution in [1.29, 1.82) is 0 Å². The lowest BCUT2D eigenvalue weighted by Gasteiger charge is -2.20. The summed E-state index contributed by atoms with van der Waals surface area (Å²) in [7, 11) is 0. The summed E-state index contributed by atoms with van der Waals surface area (Å²) in [6.45, 7) is -1.57. The van der Waals surface area contributed by atoms with E-state index in [1.807, 2.05) is 6.07 Å². The number of aliphatic carboxylic acids is 1. The van der Waals surface area contributed by atoms with Crippen molar-refractivity contribution in [3.05, 3.63) is 54.1 Å². The second-order valence-corrected chi connectivity index (χ2v) is 4.84. The van der Waals surface area contributed by atoms with Gasteiger partial charge in [-0.2, -0.15) is 0 Å². The fraction of sp³-hybridized carbons (Fsp3) is 0.125. The van der Waals surface area contributed by atoms with Gasteiger partial charge < -0.3 is 15.9 Å². The number of alkyl halides is 1. The number of Topliss-reactive ketones (excluding diaryl/α,β-unsaturated/α-hetero) is 1. The topological polar surface area (TPSA) is 101 Å². The first-order chi connectivity index (χ1) is 10.4. The van der Waals surface area contributed by atoms with Crippen molar-refractivity contribution >= 4 is 11.8 Å². The van der Waals surface area contributed by atoms with E-state index in [0.717, 1.165) is 5.56 Å². The van der Waals surface area contributed by atoms with Gasteiger partial charge >= 0.3 is 5.97 Å². The van der Waals surface area contributed by atoms with Crippen LogP contribution in [0, 0.1) is 0 Å². The molecule has 0 radical (unpaired) electrons. The van der Waals surface area contributed by atoms with E-state index in [9.17, 15) is 19.1 Å². The monoisotopic (exact) mass is 303 g/mol. The fourth-order valence-corrected chi connectivity index (χ4v) is 1.98. The molecule has 2 rings (SSSR count). The fourth-order valence-electron chi connectivity index (χ4n) is 1.98. The number of nitrogens with two attached hydrogens (primary N) is 1. The summed E-state index contributed by atoms with van der Waals surface area (Å²) in [5.74, 6) is -3.42. The van der Waals surface area contributed by atoms with E-state index in [1.54, 1.807) is 30.3 Å². The predicted octanol–water partition coefficient (Wildman–Crippen LogP) is 1.99. The Kier molecular flexibility index (Phi) is 4.23. The summed E-state index contributed by atoms with van der Waals surface area (Å²) >= 11 is 0. The van der Waals surface area contributed by atoms with E-state index in [1.165, 1.54) is 12.1 Å². The molecule has 2 aromatic carbocycles. The largest absolute Gasteiger partial charge is 0.507 e. The molecule has 1 atom stereocenters. The average Bonchev–Trinajstić information content (AvgIpc) is 2.54. The van der Waals surface area contributed by atoms with Crippen molar-refractivity contribution in [1.82, 2.24) is 0 Å². The predicted molar refractivity (Wildman–Crippen MR) is 78.4 cm³/mol. The Labute approximate surface area is 125 Å². The number of carboxylic acid groups (broad SMARTS) is 1. The zero-order valence-electron chi connectivity index (χ0n) is 11.5. The quantitative estimate of drug-likeness (QED) is 0.579. The van der Waals surface area contributed by atoms with Crippen LogP contribution in [0.2, 0.25) is 0 Å². The van der Waals surface area contributed by atoms with Crippen molar-refractivity contribution in [2.24, 2.45) is 5.73 Å². The number of carbonyl (C=O) groups is 2. The zero-order valence-corrected chi connectivity index (χ0v) is 11.5. The Morgan fingerprint density at radius 2 is 1.73 bits per heavy atom. The number of halogens is 1. The molecule has 0 saturated heterocycles. The minimum absolute atomic E-state index is 0.330. The molecule has 5 nitrogen and oxygen atoms in total. The molecule has 6 heteroatoms. The van der Waals surface area contributed by atoms with Gasteiger partial charge in [-0.1, -0.05) is 36.4 Å². The highest BCUT2D eigenvalue weighted by molar-refractivity contribution is 6.17. The third kappa shape index (κ3) is 2.68. The highest BCUT2D eigenvalue weighted by Crippen LogP contribution is 2.28. The van der Waals surface area contributed by atoms with Gasteiger partial charge in [-0.05, 0) is 23.3 Å². The van der Waals surface area contributed by atoms with Crippen LogP contribution in [0.5, 0.6) is 5.75 Å². The van der Waals surface area contributed by atoms with Crippen LogP contribution in [0.3, 0.4) is 0 Å². The van der Waals surface area contributed by atoms with Crippen LogP contribution < -0.4 is 5.73 Å². The van der Waals surface area contributed by atoms with Gasteiger partial charge in [-0.15, -0.1) is 0 Å². The number of phenolic OH excluding ortho intramolecular Hbond substituents is 1. The second kappa shape index (κ2) is 5.95. The minimum Gasteiger partial charge on any atom is -0.507 e. The van der Waals surface area contributed by atoms with E-state index in [-0.39, 0.29) is 5.56 Å². The van der Waals surface area contributed by atoms with Gasteiger partial charge in [0.1, 0.15) is 12.4 Å². The molecule has 4 N–H and O–H groups in total. The van der Waals surface area contributed by atoms with Crippen LogP contribution in [-0.2, 0) is 4.79 Å². The molecule has 114 valence electrons. The molecular formula is C16H14FNO4. The molecule has 22 heavy (non-hydrogen) atoms. The standard InChI is InChI=1S/C16H14FNO4/c17-9-16(18,15(21)22)14(20)12-8-11(6-7-13(12)19)10-4-2-1-3-5-10/h1-8,19H,9,18H2,(H,21,22). The maximum absolute atomic E-state index is 13.0. The van der Waals surface area contributed by atoms with E-state index in [0.29, 0.717) is 5.56 Å². The molecule has 0 aliphatic rings. The van der Waals surface area contributed by atoms with E-state index >= 15 is 0 Å². The lowest BCUT2D eigenvalue weighted by molar-refractivity contribution is -0.141. The molecule has 1 unspecified atom stereocenters. The first kappa shape index (κ1) is 15.7. The zero-order chi connectivity index (χ0) is 16.3. The molecule has 0 aliphatic carbocycles. The van der Waals surface area contributed by atoms with Gasteiger partial charge in [-0.3, -0.25) is 4.79 Å². The molecule has 0 amide bonds. The number of hydrogen-bond acceptors (Lipinski definition) is 4. The van der Waals surface area contributed by atoms with Crippen molar-refractivity contribution < 1.29 is 24.2 Å². The highest BCUT2D eigenvalue weighted by Gasteiger charge is 2.44. The first-order valence-electron chi connectivity index (χ1n) is 6.41. The number of rotatable bonds is 5. The van der Waals surface area contributed by atoms with Gasteiger partial charge in [0.05, 0.1) is 5.56 Å². The first-order valence-corrected chi connectivity index (χ1v) is 6.41. The Bertz CT molecular complexity index is 717. The molecule has 0 aromatic heterocycles. The Hall–Kier alpha value is -2.73. The summed E-state index contributed by atoms with van der Waals surface area (Å²) in [4.78, 5) is 23.3. The van der Waals surface area contributed by atoms with Crippen LogP contribution in [0.4, 0.5) is 4.39 Å². The van der Waals surface area contributed by atoms with Crippen LogP contribution in [0.1, 0.15) is 10.4 Å². The Balaban J connectivity index is 2.52. The van der Waals surface area contributed by atoms with Gasteiger partial charge in [0.15, 0.2) is 0 Å².